The van der Waals surface area contributed by atoms with Crippen molar-refractivity contribution in [2.45, 2.75) is 33.2 Å². The average molecular weight is 507 g/mol. The standard InChI is InChI=1S/C26H30N6O3S/c1-16(2)15-36(33,34)31-19-7-5-18(6-8-19)24-23(27)21-10-9-20(35-26-25(28)29-11-12-30-26)13-22(21)32(24)14-17-3-4-17/h5-13,16-17,31H,3-4,14-15,27H2,1-2H3,(H2,28,29). The van der Waals surface area contributed by atoms with E-state index in [4.69, 9.17) is 16.2 Å². The highest BCUT2D eigenvalue weighted by atomic mass is 32.2. The van der Waals surface area contributed by atoms with Gasteiger partial charge in [0.2, 0.25) is 10.0 Å². The van der Waals surface area contributed by atoms with Gasteiger partial charge in [-0.15, -0.1) is 0 Å². The lowest BCUT2D eigenvalue weighted by Gasteiger charge is -2.13. The molecule has 5 N–H and O–H groups in total. The summed E-state index contributed by atoms with van der Waals surface area (Å²) >= 11 is 0. The summed E-state index contributed by atoms with van der Waals surface area (Å²) in [5.74, 6) is 1.77. The van der Waals surface area contributed by atoms with E-state index in [2.05, 4.69) is 19.3 Å². The maximum Gasteiger partial charge on any atom is 0.262 e. The summed E-state index contributed by atoms with van der Waals surface area (Å²) in [5.41, 5.74) is 16.5. The second kappa shape index (κ2) is 9.34. The van der Waals surface area contributed by atoms with E-state index in [1.807, 2.05) is 44.2 Å². The van der Waals surface area contributed by atoms with Gasteiger partial charge < -0.3 is 20.8 Å². The van der Waals surface area contributed by atoms with Gasteiger partial charge in [0.05, 0.1) is 22.7 Å². The predicted octanol–water partition coefficient (Wildman–Crippen LogP) is 4.86. The molecule has 0 amide bonds. The van der Waals surface area contributed by atoms with Crippen LogP contribution in [0.3, 0.4) is 0 Å². The number of fused-ring (bicyclic) bond motifs is 1. The van der Waals surface area contributed by atoms with E-state index in [1.54, 1.807) is 12.1 Å². The minimum absolute atomic E-state index is 0.0407. The van der Waals surface area contributed by atoms with Gasteiger partial charge in [-0.1, -0.05) is 26.0 Å². The number of nitrogens with zero attached hydrogens (tertiary/aromatic N) is 3. The molecule has 0 atom stereocenters. The van der Waals surface area contributed by atoms with Crippen molar-refractivity contribution in [3.63, 3.8) is 0 Å². The second-order valence-electron chi connectivity index (χ2n) is 9.70. The Labute approximate surface area is 210 Å². The maximum atomic E-state index is 12.3. The molecule has 2 aromatic carbocycles. The van der Waals surface area contributed by atoms with Crippen LogP contribution in [-0.4, -0.2) is 28.7 Å². The first-order chi connectivity index (χ1) is 17.2. The van der Waals surface area contributed by atoms with Crippen LogP contribution in [0.15, 0.2) is 54.9 Å². The van der Waals surface area contributed by atoms with Gasteiger partial charge in [-0.05, 0) is 48.9 Å². The van der Waals surface area contributed by atoms with E-state index in [-0.39, 0.29) is 23.4 Å². The Morgan fingerprint density at radius 2 is 1.81 bits per heavy atom. The molecule has 0 spiro atoms. The predicted molar refractivity (Wildman–Crippen MR) is 143 cm³/mol. The lowest BCUT2D eigenvalue weighted by Crippen LogP contribution is -2.19. The van der Waals surface area contributed by atoms with E-state index in [9.17, 15) is 8.42 Å². The molecule has 188 valence electrons. The Morgan fingerprint density at radius 1 is 1.08 bits per heavy atom. The summed E-state index contributed by atoms with van der Waals surface area (Å²) in [6.07, 6.45) is 5.41. The summed E-state index contributed by atoms with van der Waals surface area (Å²) in [7, 11) is -3.40. The topological polar surface area (TPSA) is 138 Å². The van der Waals surface area contributed by atoms with Gasteiger partial charge in [0.1, 0.15) is 5.75 Å². The van der Waals surface area contributed by atoms with Crippen LogP contribution in [0.4, 0.5) is 17.2 Å². The highest BCUT2D eigenvalue weighted by molar-refractivity contribution is 7.92. The fraction of sp³-hybridized carbons (Fsp3) is 0.308. The molecule has 1 fully saturated rings. The van der Waals surface area contributed by atoms with E-state index >= 15 is 0 Å². The summed E-state index contributed by atoms with van der Waals surface area (Å²) in [4.78, 5) is 8.19. The number of nitrogens with one attached hydrogen (secondary N) is 1. The molecule has 0 aliphatic heterocycles. The third kappa shape index (κ3) is 5.08. The van der Waals surface area contributed by atoms with Crippen molar-refractivity contribution < 1.29 is 13.2 Å². The summed E-state index contributed by atoms with van der Waals surface area (Å²) in [6, 6.07) is 13.1. The number of hydrogen-bond acceptors (Lipinski definition) is 7. The molecule has 0 radical (unpaired) electrons. The highest BCUT2D eigenvalue weighted by Crippen LogP contribution is 2.41. The van der Waals surface area contributed by atoms with Gasteiger partial charge in [-0.2, -0.15) is 0 Å². The van der Waals surface area contributed by atoms with Crippen molar-refractivity contribution in [3.8, 4) is 22.9 Å². The third-order valence-electron chi connectivity index (χ3n) is 6.10. The average Bonchev–Trinajstić information content (AvgIpc) is 3.59. The molecule has 2 aromatic heterocycles. The Morgan fingerprint density at radius 3 is 2.47 bits per heavy atom. The minimum Gasteiger partial charge on any atom is -0.436 e. The van der Waals surface area contributed by atoms with Gasteiger partial charge in [0, 0.05) is 41.6 Å². The minimum atomic E-state index is -3.40. The van der Waals surface area contributed by atoms with Gasteiger partial charge >= 0.3 is 0 Å². The van der Waals surface area contributed by atoms with Crippen LogP contribution in [-0.2, 0) is 16.6 Å². The number of ether oxygens (including phenoxy) is 1. The fourth-order valence-electron chi connectivity index (χ4n) is 4.36. The van der Waals surface area contributed by atoms with Crippen molar-refractivity contribution in [1.29, 1.82) is 0 Å². The molecule has 36 heavy (non-hydrogen) atoms. The first-order valence-corrected chi connectivity index (χ1v) is 13.6. The molecule has 0 saturated heterocycles. The largest absolute Gasteiger partial charge is 0.436 e. The number of rotatable bonds is 9. The zero-order valence-corrected chi connectivity index (χ0v) is 21.1. The molecule has 5 rings (SSSR count). The molecule has 0 unspecified atom stereocenters. The molecule has 4 aromatic rings. The highest BCUT2D eigenvalue weighted by Gasteiger charge is 2.26. The van der Waals surface area contributed by atoms with Crippen LogP contribution in [0.1, 0.15) is 26.7 Å². The summed E-state index contributed by atoms with van der Waals surface area (Å²) < 4.78 is 35.5. The molecular weight excluding hydrogens is 476 g/mol. The fourth-order valence-corrected chi connectivity index (χ4v) is 5.82. The van der Waals surface area contributed by atoms with Crippen molar-refractivity contribution >= 4 is 38.1 Å². The quantitative estimate of drug-likeness (QED) is 0.295. The van der Waals surface area contributed by atoms with Crippen molar-refractivity contribution in [3.05, 3.63) is 54.9 Å². The molecule has 1 aliphatic rings. The normalized spacial score (nSPS) is 13.9. The summed E-state index contributed by atoms with van der Waals surface area (Å²) in [6.45, 7) is 4.59. The van der Waals surface area contributed by atoms with Crippen LogP contribution in [0.25, 0.3) is 22.2 Å². The number of sulfonamides is 1. The number of aromatic nitrogens is 3. The van der Waals surface area contributed by atoms with E-state index in [1.165, 1.54) is 25.2 Å². The van der Waals surface area contributed by atoms with Crippen molar-refractivity contribution in [2.24, 2.45) is 11.8 Å². The van der Waals surface area contributed by atoms with Crippen LogP contribution in [0.5, 0.6) is 11.6 Å². The molecule has 2 heterocycles. The zero-order chi connectivity index (χ0) is 25.4. The first-order valence-electron chi connectivity index (χ1n) is 12.0. The Hall–Kier alpha value is -3.79. The van der Waals surface area contributed by atoms with Crippen molar-refractivity contribution in [2.75, 3.05) is 21.9 Å². The number of hydrogen-bond donors (Lipinski definition) is 3. The SMILES string of the molecule is CC(C)CS(=O)(=O)Nc1ccc(-c2c(N)c3ccc(Oc4nccnc4N)cc3n2CC2CC2)cc1. The lowest BCUT2D eigenvalue weighted by molar-refractivity contribution is 0.463. The number of nitrogens with two attached hydrogens (primary N) is 2. The Bertz CT molecular complexity index is 1510. The second-order valence-corrected chi connectivity index (χ2v) is 11.5. The molecule has 1 aliphatic carbocycles. The third-order valence-corrected chi connectivity index (χ3v) is 7.76. The molecular formula is C26H30N6O3S. The van der Waals surface area contributed by atoms with Crippen LogP contribution < -0.4 is 20.9 Å². The monoisotopic (exact) mass is 506 g/mol. The van der Waals surface area contributed by atoms with Gasteiger partial charge in [-0.25, -0.2) is 18.4 Å². The van der Waals surface area contributed by atoms with Gasteiger partial charge in [0.25, 0.3) is 5.88 Å². The van der Waals surface area contributed by atoms with Gasteiger partial charge in [-0.3, -0.25) is 4.72 Å². The molecule has 0 bridgehead atoms. The first kappa shape index (κ1) is 23.9. The van der Waals surface area contributed by atoms with E-state index < -0.39 is 10.0 Å². The van der Waals surface area contributed by atoms with Crippen LogP contribution in [0, 0.1) is 11.8 Å². The summed E-state index contributed by atoms with van der Waals surface area (Å²) in [5, 5.41) is 0.923. The Kier molecular flexibility index (Phi) is 6.21. The molecule has 1 saturated carbocycles. The van der Waals surface area contributed by atoms with Crippen molar-refractivity contribution in [1.82, 2.24) is 14.5 Å². The zero-order valence-electron chi connectivity index (χ0n) is 20.3. The van der Waals surface area contributed by atoms with E-state index in [0.29, 0.717) is 23.0 Å². The lowest BCUT2D eigenvalue weighted by atomic mass is 10.1. The Balaban J connectivity index is 1.51. The van der Waals surface area contributed by atoms with Gasteiger partial charge in [0.15, 0.2) is 5.82 Å². The van der Waals surface area contributed by atoms with E-state index in [0.717, 1.165) is 28.7 Å². The maximum absolute atomic E-state index is 12.3. The number of anilines is 3. The number of benzene rings is 2. The van der Waals surface area contributed by atoms with Crippen LogP contribution >= 0.6 is 0 Å². The number of nitrogen functional groups attached to an aromatic ring is 2. The molecule has 9 nitrogen and oxygen atoms in total. The van der Waals surface area contributed by atoms with Crippen LogP contribution in [0.2, 0.25) is 0 Å². The smallest absolute Gasteiger partial charge is 0.262 e. The molecule has 10 heteroatoms.